The van der Waals surface area contributed by atoms with Crippen LogP contribution in [0.1, 0.15) is 58.3 Å². The Bertz CT molecular complexity index is 805. The van der Waals surface area contributed by atoms with Gasteiger partial charge in [0.05, 0.1) is 5.69 Å². The van der Waals surface area contributed by atoms with Crippen molar-refractivity contribution in [2.24, 2.45) is 7.05 Å². The molecule has 0 fully saturated rings. The van der Waals surface area contributed by atoms with Gasteiger partial charge in [0, 0.05) is 23.7 Å². The van der Waals surface area contributed by atoms with E-state index in [9.17, 15) is 9.90 Å². The molecule has 1 N–H and O–H groups in total. The minimum Gasteiger partial charge on any atom is -0.383 e. The normalized spacial score (nSPS) is 15.3. The van der Waals surface area contributed by atoms with E-state index in [-0.39, 0.29) is 5.43 Å². The summed E-state index contributed by atoms with van der Waals surface area (Å²) in [4.78, 5) is 12.3. The van der Waals surface area contributed by atoms with E-state index in [2.05, 4.69) is 26.0 Å². The van der Waals surface area contributed by atoms with Gasteiger partial charge in [-0.05, 0) is 46.5 Å². The lowest BCUT2D eigenvalue weighted by Crippen LogP contribution is -2.46. The molecule has 0 saturated heterocycles. The van der Waals surface area contributed by atoms with Crippen LogP contribution in [-0.4, -0.2) is 9.67 Å². The van der Waals surface area contributed by atoms with Gasteiger partial charge in [-0.25, -0.2) is 0 Å². The zero-order valence-corrected chi connectivity index (χ0v) is 14.6. The van der Waals surface area contributed by atoms with Crippen LogP contribution >= 0.6 is 0 Å². The highest BCUT2D eigenvalue weighted by molar-refractivity contribution is 5.37. The van der Waals surface area contributed by atoms with Gasteiger partial charge in [0.15, 0.2) is 5.43 Å². The largest absolute Gasteiger partial charge is 0.383 e. The predicted molar refractivity (Wildman–Crippen MR) is 96.5 cm³/mol. The van der Waals surface area contributed by atoms with Crippen LogP contribution < -0.4 is 16.0 Å². The fraction of sp³-hybridized carbons (Fsp3) is 0.450. The van der Waals surface area contributed by atoms with Crippen molar-refractivity contribution in [2.75, 3.05) is 0 Å². The number of pyridine rings is 1. The van der Waals surface area contributed by atoms with Crippen LogP contribution in [0, 0.1) is 0 Å². The van der Waals surface area contributed by atoms with Crippen molar-refractivity contribution in [1.29, 1.82) is 0 Å². The average molecular weight is 313 g/mol. The number of rotatable bonds is 5. The van der Waals surface area contributed by atoms with E-state index in [0.29, 0.717) is 5.69 Å². The first-order valence-corrected chi connectivity index (χ1v) is 8.29. The Labute approximate surface area is 138 Å². The second kappa shape index (κ2) is 7.60. The minimum absolute atomic E-state index is 0.00121. The molecule has 3 heteroatoms. The molecule has 3 nitrogen and oxygen atoms in total. The number of hydrogen-bond donors (Lipinski definition) is 1. The van der Waals surface area contributed by atoms with Gasteiger partial charge in [0.25, 0.3) is 0 Å². The Morgan fingerprint density at radius 1 is 1.30 bits per heavy atom. The first kappa shape index (κ1) is 17.5. The summed E-state index contributed by atoms with van der Waals surface area (Å²) in [6.45, 7) is 6.20. The fourth-order valence-electron chi connectivity index (χ4n) is 2.97. The first-order chi connectivity index (χ1) is 10.9. The lowest BCUT2D eigenvalue weighted by molar-refractivity contribution is 0.217. The highest BCUT2D eigenvalue weighted by atomic mass is 16.3. The maximum atomic E-state index is 12.3. The molecule has 0 spiro atoms. The van der Waals surface area contributed by atoms with Gasteiger partial charge >= 0.3 is 0 Å². The van der Waals surface area contributed by atoms with Gasteiger partial charge < -0.3 is 9.67 Å². The molecule has 0 amide bonds. The van der Waals surface area contributed by atoms with Crippen molar-refractivity contribution >= 4 is 12.2 Å². The molecule has 124 valence electrons. The van der Waals surface area contributed by atoms with Crippen molar-refractivity contribution in [3.8, 4) is 0 Å². The molecule has 1 unspecified atom stereocenters. The molecule has 0 aromatic carbocycles. The summed E-state index contributed by atoms with van der Waals surface area (Å²) < 4.78 is 1.94. The van der Waals surface area contributed by atoms with Crippen LogP contribution in [0.3, 0.4) is 0 Å². The van der Waals surface area contributed by atoms with Gasteiger partial charge in [-0.2, -0.15) is 0 Å². The second-order valence-corrected chi connectivity index (χ2v) is 6.55. The van der Waals surface area contributed by atoms with Crippen molar-refractivity contribution in [2.45, 2.75) is 52.6 Å². The van der Waals surface area contributed by atoms with E-state index < -0.39 is 6.10 Å². The molecule has 1 aliphatic carbocycles. The van der Waals surface area contributed by atoms with Crippen LogP contribution in [0.15, 0.2) is 34.2 Å². The Hall–Kier alpha value is -1.87. The zero-order chi connectivity index (χ0) is 17.0. The monoisotopic (exact) mass is 313 g/mol. The average Bonchev–Trinajstić information content (AvgIpc) is 2.50. The summed E-state index contributed by atoms with van der Waals surface area (Å²) in [6, 6.07) is 1.57. The third-order valence-electron chi connectivity index (χ3n) is 4.26. The van der Waals surface area contributed by atoms with Gasteiger partial charge in [-0.15, -0.1) is 0 Å². The summed E-state index contributed by atoms with van der Waals surface area (Å²) in [5.74, 6) is 0. The fourth-order valence-corrected chi connectivity index (χ4v) is 2.97. The van der Waals surface area contributed by atoms with E-state index in [0.717, 1.165) is 41.8 Å². The molecule has 1 aromatic heterocycles. The quantitative estimate of drug-likeness (QED) is 0.849. The minimum atomic E-state index is -0.750. The van der Waals surface area contributed by atoms with E-state index in [1.54, 1.807) is 6.07 Å². The Kier molecular flexibility index (Phi) is 5.78. The van der Waals surface area contributed by atoms with Crippen LogP contribution in [0.4, 0.5) is 0 Å². The number of fused-ring (bicyclic) bond motifs is 1. The predicted octanol–water partition coefficient (Wildman–Crippen LogP) is 2.47. The molecule has 0 aliphatic heterocycles. The SMILES string of the molecule is CC(C)=CCC/C(C)=C/C(O)c1cc(=O)c2c(n1C)=CCCC=2. The first-order valence-electron chi connectivity index (χ1n) is 8.29. The number of aromatic nitrogens is 1. The third kappa shape index (κ3) is 4.32. The van der Waals surface area contributed by atoms with E-state index >= 15 is 0 Å². The molecular weight excluding hydrogens is 286 g/mol. The number of aliphatic hydroxyl groups is 1. The van der Waals surface area contributed by atoms with Crippen LogP contribution in [0.25, 0.3) is 12.2 Å². The highest BCUT2D eigenvalue weighted by Crippen LogP contribution is 2.16. The van der Waals surface area contributed by atoms with Crippen molar-refractivity contribution in [1.82, 2.24) is 4.57 Å². The summed E-state index contributed by atoms with van der Waals surface area (Å²) in [5.41, 5.74) is 3.10. The summed E-state index contributed by atoms with van der Waals surface area (Å²) in [7, 11) is 1.92. The molecule has 1 aliphatic rings. The van der Waals surface area contributed by atoms with Crippen LogP contribution in [0.2, 0.25) is 0 Å². The summed E-state index contributed by atoms with van der Waals surface area (Å²) >= 11 is 0. The molecule has 1 heterocycles. The number of nitrogens with zero attached hydrogens (tertiary/aromatic N) is 1. The Morgan fingerprint density at radius 3 is 2.70 bits per heavy atom. The molecular formula is C20H27NO2. The lowest BCUT2D eigenvalue weighted by atomic mass is 10.1. The molecule has 0 saturated carbocycles. The van der Waals surface area contributed by atoms with E-state index in [1.165, 1.54) is 5.57 Å². The molecule has 0 bridgehead atoms. The molecule has 1 aromatic rings. The maximum Gasteiger partial charge on any atom is 0.189 e. The zero-order valence-electron chi connectivity index (χ0n) is 14.6. The van der Waals surface area contributed by atoms with Gasteiger partial charge in [0.1, 0.15) is 6.10 Å². The van der Waals surface area contributed by atoms with Crippen molar-refractivity contribution in [3.05, 3.63) is 55.8 Å². The molecule has 23 heavy (non-hydrogen) atoms. The van der Waals surface area contributed by atoms with Gasteiger partial charge in [0.2, 0.25) is 0 Å². The molecule has 1 atom stereocenters. The van der Waals surface area contributed by atoms with E-state index in [4.69, 9.17) is 0 Å². The number of hydrogen-bond acceptors (Lipinski definition) is 2. The lowest BCUT2D eigenvalue weighted by Gasteiger charge is -2.15. The van der Waals surface area contributed by atoms with Gasteiger partial charge in [-0.1, -0.05) is 35.5 Å². The summed E-state index contributed by atoms with van der Waals surface area (Å²) in [5, 5.41) is 12.2. The van der Waals surface area contributed by atoms with Gasteiger partial charge in [-0.3, -0.25) is 4.79 Å². The smallest absolute Gasteiger partial charge is 0.189 e. The number of aliphatic hydroxyl groups excluding tert-OH is 1. The Balaban J connectivity index is 2.31. The second-order valence-electron chi connectivity index (χ2n) is 6.55. The van der Waals surface area contributed by atoms with E-state index in [1.807, 2.05) is 30.7 Å². The third-order valence-corrected chi connectivity index (χ3v) is 4.26. The summed E-state index contributed by atoms with van der Waals surface area (Å²) in [6.07, 6.45) is 11.1. The van der Waals surface area contributed by atoms with Crippen LogP contribution in [0.5, 0.6) is 0 Å². The van der Waals surface area contributed by atoms with Crippen molar-refractivity contribution < 1.29 is 5.11 Å². The molecule has 0 radical (unpaired) electrons. The standard InChI is InChI=1S/C20H27NO2/c1-14(2)8-7-9-15(3)12-20(23)18-13-19(22)16-10-5-6-11-17(16)21(18)4/h8,10-13,20,23H,5-7,9H2,1-4H3/b15-12+. The van der Waals surface area contributed by atoms with Crippen molar-refractivity contribution in [3.63, 3.8) is 0 Å². The molecule has 2 rings (SSSR count). The number of allylic oxidation sites excluding steroid dienone is 3. The topological polar surface area (TPSA) is 42.2 Å². The Morgan fingerprint density at radius 2 is 2.00 bits per heavy atom. The van der Waals surface area contributed by atoms with Crippen LogP contribution in [-0.2, 0) is 7.05 Å². The highest BCUT2D eigenvalue weighted by Gasteiger charge is 2.12. The maximum absolute atomic E-state index is 12.3.